The topological polar surface area (TPSA) is 55.2 Å². The second kappa shape index (κ2) is 6.01. The molecule has 0 amide bonds. The van der Waals surface area contributed by atoms with Crippen LogP contribution in [0.5, 0.6) is 0 Å². The summed E-state index contributed by atoms with van der Waals surface area (Å²) in [6.07, 6.45) is 3.29. The average Bonchev–Trinajstić information content (AvgIpc) is 3.13. The highest BCUT2D eigenvalue weighted by atomic mass is 32.2. The first kappa shape index (κ1) is 16.1. The van der Waals surface area contributed by atoms with Gasteiger partial charge >= 0.3 is 6.55 Å². The van der Waals surface area contributed by atoms with Crippen molar-refractivity contribution in [2.24, 2.45) is 0 Å². The standard InChI is InChI=1S/C15H17F2N3O2S/c1-19(10-14-18-6-7-20(14)15(16)17)23(21,22)13-8-11-4-2-3-5-12(11)9-13/h2-7,13,15H,8-10H2,1H3. The fourth-order valence-corrected chi connectivity index (χ4v) is 4.50. The Morgan fingerprint density at radius 2 is 1.91 bits per heavy atom. The number of benzene rings is 1. The molecule has 3 rings (SSSR count). The van der Waals surface area contributed by atoms with Gasteiger partial charge in [-0.05, 0) is 24.0 Å². The number of hydrogen-bond donors (Lipinski definition) is 0. The van der Waals surface area contributed by atoms with E-state index in [9.17, 15) is 17.2 Å². The van der Waals surface area contributed by atoms with E-state index in [0.29, 0.717) is 17.4 Å². The monoisotopic (exact) mass is 341 g/mol. The van der Waals surface area contributed by atoms with Crippen molar-refractivity contribution in [3.63, 3.8) is 0 Å². The number of imidazole rings is 1. The minimum atomic E-state index is -3.59. The van der Waals surface area contributed by atoms with Crippen LogP contribution in [0.1, 0.15) is 23.5 Å². The summed E-state index contributed by atoms with van der Waals surface area (Å²) < 4.78 is 52.9. The van der Waals surface area contributed by atoms with Gasteiger partial charge in [-0.15, -0.1) is 0 Å². The maximum Gasteiger partial charge on any atom is 0.319 e. The molecule has 0 N–H and O–H groups in total. The van der Waals surface area contributed by atoms with E-state index < -0.39 is 21.8 Å². The third-order valence-corrected chi connectivity index (χ3v) is 6.37. The summed E-state index contributed by atoms with van der Waals surface area (Å²) in [5.74, 6) is 0.0292. The molecule has 1 heterocycles. The molecular weight excluding hydrogens is 324 g/mol. The lowest BCUT2D eigenvalue weighted by atomic mass is 10.1. The van der Waals surface area contributed by atoms with E-state index in [2.05, 4.69) is 4.98 Å². The highest BCUT2D eigenvalue weighted by molar-refractivity contribution is 7.89. The van der Waals surface area contributed by atoms with Gasteiger partial charge < -0.3 is 0 Å². The Morgan fingerprint density at radius 1 is 1.30 bits per heavy atom. The van der Waals surface area contributed by atoms with E-state index in [1.165, 1.54) is 13.2 Å². The molecule has 0 bridgehead atoms. The van der Waals surface area contributed by atoms with Gasteiger partial charge in [-0.25, -0.2) is 13.4 Å². The largest absolute Gasteiger partial charge is 0.319 e. The third-order valence-electron chi connectivity index (χ3n) is 4.19. The fraction of sp³-hybridized carbons (Fsp3) is 0.400. The lowest BCUT2D eigenvalue weighted by Crippen LogP contribution is -2.36. The van der Waals surface area contributed by atoms with Crippen molar-refractivity contribution in [3.05, 3.63) is 53.6 Å². The molecule has 0 saturated heterocycles. The number of hydrogen-bond acceptors (Lipinski definition) is 3. The van der Waals surface area contributed by atoms with Crippen molar-refractivity contribution in [1.82, 2.24) is 13.9 Å². The Morgan fingerprint density at radius 3 is 2.48 bits per heavy atom. The molecule has 0 radical (unpaired) electrons. The molecule has 124 valence electrons. The average molecular weight is 341 g/mol. The summed E-state index contributed by atoms with van der Waals surface area (Å²) in [6, 6.07) is 7.62. The van der Waals surface area contributed by atoms with E-state index in [1.54, 1.807) is 0 Å². The van der Waals surface area contributed by atoms with Crippen molar-refractivity contribution in [2.75, 3.05) is 7.05 Å². The van der Waals surface area contributed by atoms with Crippen LogP contribution < -0.4 is 0 Å². The molecule has 5 nitrogen and oxygen atoms in total. The van der Waals surface area contributed by atoms with Gasteiger partial charge in [0, 0.05) is 19.4 Å². The molecule has 0 atom stereocenters. The van der Waals surface area contributed by atoms with Gasteiger partial charge in [-0.3, -0.25) is 4.57 Å². The van der Waals surface area contributed by atoms with Crippen molar-refractivity contribution >= 4 is 10.0 Å². The number of fused-ring (bicyclic) bond motifs is 1. The minimum Gasteiger partial charge on any atom is -0.277 e. The quantitative estimate of drug-likeness (QED) is 0.838. The van der Waals surface area contributed by atoms with Gasteiger partial charge in [-0.2, -0.15) is 13.1 Å². The number of rotatable bonds is 5. The summed E-state index contributed by atoms with van der Waals surface area (Å²) in [4.78, 5) is 3.83. The number of sulfonamides is 1. The van der Waals surface area contributed by atoms with Gasteiger partial charge in [0.15, 0.2) is 0 Å². The summed E-state index contributed by atoms with van der Waals surface area (Å²) >= 11 is 0. The Hall–Kier alpha value is -1.80. The van der Waals surface area contributed by atoms with Gasteiger partial charge in [-0.1, -0.05) is 24.3 Å². The van der Waals surface area contributed by atoms with E-state index in [-0.39, 0.29) is 12.4 Å². The molecule has 2 aromatic rings. The molecule has 23 heavy (non-hydrogen) atoms. The van der Waals surface area contributed by atoms with Crippen molar-refractivity contribution in [3.8, 4) is 0 Å². The summed E-state index contributed by atoms with van der Waals surface area (Å²) in [7, 11) is -2.18. The van der Waals surface area contributed by atoms with Crippen LogP contribution in [0.4, 0.5) is 8.78 Å². The number of alkyl halides is 2. The van der Waals surface area contributed by atoms with Crippen LogP contribution >= 0.6 is 0 Å². The molecule has 1 aromatic heterocycles. The molecule has 1 aromatic carbocycles. The number of nitrogens with zero attached hydrogens (tertiary/aromatic N) is 3. The second-order valence-corrected chi connectivity index (χ2v) is 7.95. The molecule has 1 aliphatic rings. The van der Waals surface area contributed by atoms with E-state index in [1.807, 2.05) is 24.3 Å². The minimum absolute atomic E-state index is 0.0292. The first-order chi connectivity index (χ1) is 10.9. The van der Waals surface area contributed by atoms with Crippen LogP contribution in [0.3, 0.4) is 0 Å². The van der Waals surface area contributed by atoms with Crippen LogP contribution in [-0.4, -0.2) is 34.6 Å². The van der Waals surface area contributed by atoms with Crippen LogP contribution in [0, 0.1) is 0 Å². The molecule has 0 saturated carbocycles. The first-order valence-electron chi connectivity index (χ1n) is 7.21. The Labute approximate surface area is 133 Å². The normalized spacial score (nSPS) is 15.5. The number of aromatic nitrogens is 2. The predicted molar refractivity (Wildman–Crippen MR) is 81.5 cm³/mol. The van der Waals surface area contributed by atoms with E-state index in [0.717, 1.165) is 21.6 Å². The Kier molecular flexibility index (Phi) is 4.20. The van der Waals surface area contributed by atoms with Crippen LogP contribution in [0.25, 0.3) is 0 Å². The smallest absolute Gasteiger partial charge is 0.277 e. The zero-order valence-electron chi connectivity index (χ0n) is 12.6. The molecule has 0 unspecified atom stereocenters. The summed E-state index contributed by atoms with van der Waals surface area (Å²) in [6.45, 7) is -2.91. The second-order valence-electron chi connectivity index (χ2n) is 5.63. The fourth-order valence-electron chi connectivity index (χ4n) is 2.92. The first-order valence-corrected chi connectivity index (χ1v) is 8.71. The highest BCUT2D eigenvalue weighted by Gasteiger charge is 2.35. The van der Waals surface area contributed by atoms with Crippen molar-refractivity contribution in [1.29, 1.82) is 0 Å². The zero-order valence-corrected chi connectivity index (χ0v) is 13.4. The van der Waals surface area contributed by atoms with Crippen molar-refractivity contribution < 1.29 is 17.2 Å². The van der Waals surface area contributed by atoms with Crippen LogP contribution in [0.15, 0.2) is 36.7 Å². The van der Waals surface area contributed by atoms with Gasteiger partial charge in [0.1, 0.15) is 5.82 Å². The molecule has 0 fully saturated rings. The van der Waals surface area contributed by atoms with Gasteiger partial charge in [0.25, 0.3) is 0 Å². The molecule has 0 aliphatic heterocycles. The van der Waals surface area contributed by atoms with Crippen LogP contribution in [0.2, 0.25) is 0 Å². The molecular formula is C15H17F2N3O2S. The summed E-state index contributed by atoms with van der Waals surface area (Å²) in [5.41, 5.74) is 2.06. The van der Waals surface area contributed by atoms with E-state index in [4.69, 9.17) is 0 Å². The maximum atomic E-state index is 12.8. The SMILES string of the molecule is CN(Cc1nccn1C(F)F)S(=O)(=O)C1Cc2ccccc2C1. The van der Waals surface area contributed by atoms with Gasteiger partial charge in [0.2, 0.25) is 10.0 Å². The highest BCUT2D eigenvalue weighted by Crippen LogP contribution is 2.28. The third kappa shape index (κ3) is 3.00. The van der Waals surface area contributed by atoms with Crippen LogP contribution in [-0.2, 0) is 29.4 Å². The lowest BCUT2D eigenvalue weighted by molar-refractivity contribution is 0.0658. The van der Waals surface area contributed by atoms with Gasteiger partial charge in [0.05, 0.1) is 11.8 Å². The van der Waals surface area contributed by atoms with E-state index >= 15 is 0 Å². The number of halogens is 2. The molecule has 1 aliphatic carbocycles. The zero-order chi connectivity index (χ0) is 16.6. The molecule has 0 spiro atoms. The Bertz CT molecular complexity index is 780. The van der Waals surface area contributed by atoms with Crippen molar-refractivity contribution in [2.45, 2.75) is 31.2 Å². The Balaban J connectivity index is 1.77. The lowest BCUT2D eigenvalue weighted by Gasteiger charge is -2.21. The predicted octanol–water partition coefficient (Wildman–Crippen LogP) is 2.21. The summed E-state index contributed by atoms with van der Waals surface area (Å²) in [5, 5.41) is -0.556. The molecule has 8 heteroatoms. The maximum absolute atomic E-state index is 12.8.